The van der Waals surface area contributed by atoms with E-state index in [0.29, 0.717) is 6.54 Å². The Bertz CT molecular complexity index is 857. The number of rotatable bonds is 10. The van der Waals surface area contributed by atoms with Crippen molar-refractivity contribution in [3.63, 3.8) is 0 Å². The number of hydrogen-bond donors (Lipinski definition) is 1. The van der Waals surface area contributed by atoms with E-state index in [1.807, 2.05) is 37.4 Å². The van der Waals surface area contributed by atoms with Crippen molar-refractivity contribution in [3.05, 3.63) is 64.2 Å². The van der Waals surface area contributed by atoms with E-state index >= 15 is 0 Å². The van der Waals surface area contributed by atoms with Crippen LogP contribution < -0.4 is 15.0 Å². The van der Waals surface area contributed by atoms with Crippen LogP contribution in [0.2, 0.25) is 0 Å². The zero-order chi connectivity index (χ0) is 21.2. The van der Waals surface area contributed by atoms with Crippen molar-refractivity contribution < 1.29 is 24.0 Å². The number of nitrogens with zero attached hydrogens (tertiary/aromatic N) is 2. The molecule has 0 saturated carbocycles. The van der Waals surface area contributed by atoms with E-state index in [1.54, 1.807) is 0 Å². The predicted molar refractivity (Wildman–Crippen MR) is 107 cm³/mol. The number of nitro groups is 1. The average Bonchev–Trinajstić information content (AvgIpc) is 2.74. The van der Waals surface area contributed by atoms with Crippen LogP contribution in [0, 0.1) is 10.1 Å². The van der Waals surface area contributed by atoms with Crippen LogP contribution in [0.3, 0.4) is 0 Å². The third-order valence-corrected chi connectivity index (χ3v) is 4.12. The molecule has 0 unspecified atom stereocenters. The molecule has 0 atom stereocenters. The molecule has 0 radical (unpaired) electrons. The summed E-state index contributed by atoms with van der Waals surface area (Å²) < 4.78 is 9.80. The summed E-state index contributed by atoms with van der Waals surface area (Å²) in [5.41, 5.74) is 0.702. The summed E-state index contributed by atoms with van der Waals surface area (Å²) in [4.78, 5) is 36.0. The predicted octanol–water partition coefficient (Wildman–Crippen LogP) is 2.40. The van der Waals surface area contributed by atoms with Gasteiger partial charge in [0.15, 0.2) is 12.4 Å². The molecule has 0 heterocycles. The first-order valence-electron chi connectivity index (χ1n) is 8.95. The first-order chi connectivity index (χ1) is 13.9. The van der Waals surface area contributed by atoms with Gasteiger partial charge in [-0.1, -0.05) is 18.2 Å². The number of anilines is 1. The molecular formula is C20H23N3O6. The summed E-state index contributed by atoms with van der Waals surface area (Å²) in [6.45, 7) is 0.835. The van der Waals surface area contributed by atoms with E-state index in [9.17, 15) is 19.7 Å². The molecule has 1 N–H and O–H groups in total. The molecule has 0 aliphatic rings. The quantitative estimate of drug-likeness (QED) is 0.282. The lowest BCUT2D eigenvalue weighted by Gasteiger charge is -2.19. The van der Waals surface area contributed by atoms with Crippen molar-refractivity contribution in [2.75, 3.05) is 38.8 Å². The standard InChI is InChI=1S/C20H23N3O6/c1-22(16-7-4-3-5-8-16)12-6-11-21-19(24)14-29-18-10-9-15(20(25)28-2)13-17(18)23(26)27/h3-5,7-10,13H,6,11-12,14H2,1-2H3,(H,21,24). The fourth-order valence-corrected chi connectivity index (χ4v) is 2.58. The van der Waals surface area contributed by atoms with E-state index < -0.39 is 22.5 Å². The number of amides is 1. The Morgan fingerprint density at radius 1 is 1.17 bits per heavy atom. The smallest absolute Gasteiger partial charge is 0.338 e. The van der Waals surface area contributed by atoms with Gasteiger partial charge in [0.1, 0.15) is 0 Å². The average molecular weight is 401 g/mol. The zero-order valence-corrected chi connectivity index (χ0v) is 16.3. The molecular weight excluding hydrogens is 378 g/mol. The maximum atomic E-state index is 11.9. The number of methoxy groups -OCH3 is 1. The fourth-order valence-electron chi connectivity index (χ4n) is 2.58. The van der Waals surface area contributed by atoms with Gasteiger partial charge in [-0.15, -0.1) is 0 Å². The Morgan fingerprint density at radius 2 is 1.90 bits per heavy atom. The molecule has 0 aliphatic carbocycles. The van der Waals surface area contributed by atoms with E-state index in [1.165, 1.54) is 19.2 Å². The van der Waals surface area contributed by atoms with Gasteiger partial charge in [0.25, 0.3) is 5.91 Å². The van der Waals surface area contributed by atoms with Gasteiger partial charge >= 0.3 is 11.7 Å². The number of nitrogens with one attached hydrogen (secondary N) is 1. The number of ether oxygens (including phenoxy) is 2. The zero-order valence-electron chi connectivity index (χ0n) is 16.3. The Balaban J connectivity index is 1.80. The number of esters is 1. The van der Waals surface area contributed by atoms with Crippen molar-refractivity contribution in [1.29, 1.82) is 0 Å². The summed E-state index contributed by atoms with van der Waals surface area (Å²) in [7, 11) is 3.15. The van der Waals surface area contributed by atoms with E-state index in [-0.39, 0.29) is 17.9 Å². The molecule has 2 aromatic carbocycles. The van der Waals surface area contributed by atoms with Gasteiger partial charge in [0.05, 0.1) is 17.6 Å². The van der Waals surface area contributed by atoms with E-state index in [2.05, 4.69) is 15.0 Å². The summed E-state index contributed by atoms with van der Waals surface area (Å²) in [5.74, 6) is -1.18. The minimum absolute atomic E-state index is 0.0264. The number of carbonyl (C=O) groups is 2. The normalized spacial score (nSPS) is 10.1. The van der Waals surface area contributed by atoms with Crippen LogP contribution >= 0.6 is 0 Å². The lowest BCUT2D eigenvalue weighted by atomic mass is 10.2. The highest BCUT2D eigenvalue weighted by molar-refractivity contribution is 5.90. The van der Waals surface area contributed by atoms with Crippen LogP contribution in [-0.4, -0.2) is 50.7 Å². The molecule has 0 saturated heterocycles. The van der Waals surface area contributed by atoms with Gasteiger partial charge in [-0.3, -0.25) is 14.9 Å². The maximum absolute atomic E-state index is 11.9. The molecule has 0 fully saturated rings. The molecule has 9 nitrogen and oxygen atoms in total. The number of para-hydroxylation sites is 1. The highest BCUT2D eigenvalue weighted by Gasteiger charge is 2.20. The molecule has 9 heteroatoms. The largest absolute Gasteiger partial charge is 0.477 e. The highest BCUT2D eigenvalue weighted by atomic mass is 16.6. The summed E-state index contributed by atoms with van der Waals surface area (Å²) in [5, 5.41) is 13.9. The minimum atomic E-state index is -0.696. The van der Waals surface area contributed by atoms with Crippen LogP contribution in [0.5, 0.6) is 5.75 Å². The Labute approximate surface area is 168 Å². The second-order valence-corrected chi connectivity index (χ2v) is 6.18. The van der Waals surface area contributed by atoms with Crippen molar-refractivity contribution in [2.24, 2.45) is 0 Å². The van der Waals surface area contributed by atoms with Crippen molar-refractivity contribution >= 4 is 23.3 Å². The van der Waals surface area contributed by atoms with Crippen molar-refractivity contribution in [2.45, 2.75) is 6.42 Å². The van der Waals surface area contributed by atoms with Crippen molar-refractivity contribution in [1.82, 2.24) is 5.32 Å². The SMILES string of the molecule is COC(=O)c1ccc(OCC(=O)NCCCN(C)c2ccccc2)c([N+](=O)[O-])c1. The topological polar surface area (TPSA) is 111 Å². The summed E-state index contributed by atoms with van der Waals surface area (Å²) in [6, 6.07) is 13.5. The molecule has 2 rings (SSSR count). The van der Waals surface area contributed by atoms with Gasteiger partial charge in [-0.05, 0) is 30.7 Å². The second kappa shape index (κ2) is 10.6. The maximum Gasteiger partial charge on any atom is 0.338 e. The lowest BCUT2D eigenvalue weighted by Crippen LogP contribution is -2.31. The Kier molecular flexibility index (Phi) is 7.96. The number of hydrogen-bond acceptors (Lipinski definition) is 7. The lowest BCUT2D eigenvalue weighted by molar-refractivity contribution is -0.385. The van der Waals surface area contributed by atoms with Crippen LogP contribution in [0.25, 0.3) is 0 Å². The Morgan fingerprint density at radius 3 is 2.55 bits per heavy atom. The number of benzene rings is 2. The molecule has 154 valence electrons. The highest BCUT2D eigenvalue weighted by Crippen LogP contribution is 2.28. The first-order valence-corrected chi connectivity index (χ1v) is 8.95. The molecule has 0 aliphatic heterocycles. The molecule has 0 spiro atoms. The van der Waals surface area contributed by atoms with E-state index in [4.69, 9.17) is 4.74 Å². The summed E-state index contributed by atoms with van der Waals surface area (Å²) >= 11 is 0. The molecule has 2 aromatic rings. The molecule has 0 aromatic heterocycles. The fraction of sp³-hybridized carbons (Fsp3) is 0.300. The number of nitro benzene ring substituents is 1. The van der Waals surface area contributed by atoms with Crippen LogP contribution in [0.15, 0.2) is 48.5 Å². The van der Waals surface area contributed by atoms with Gasteiger partial charge in [-0.25, -0.2) is 4.79 Å². The van der Waals surface area contributed by atoms with Crippen LogP contribution in [0.1, 0.15) is 16.8 Å². The summed E-state index contributed by atoms with van der Waals surface area (Å²) in [6.07, 6.45) is 0.727. The van der Waals surface area contributed by atoms with Crippen LogP contribution in [-0.2, 0) is 9.53 Å². The second-order valence-electron chi connectivity index (χ2n) is 6.18. The van der Waals surface area contributed by atoms with Gasteiger partial charge in [0, 0.05) is 31.9 Å². The molecule has 0 bridgehead atoms. The Hall–Kier alpha value is -3.62. The molecule has 29 heavy (non-hydrogen) atoms. The first kappa shape index (κ1) is 21.7. The third kappa shape index (κ3) is 6.49. The van der Waals surface area contributed by atoms with Gasteiger partial charge in [0.2, 0.25) is 0 Å². The number of carbonyl (C=O) groups excluding carboxylic acids is 2. The molecule has 1 amide bonds. The minimum Gasteiger partial charge on any atom is -0.477 e. The van der Waals surface area contributed by atoms with Crippen LogP contribution in [0.4, 0.5) is 11.4 Å². The van der Waals surface area contributed by atoms with E-state index in [0.717, 1.165) is 24.7 Å². The van der Waals surface area contributed by atoms with Gasteiger partial charge in [-0.2, -0.15) is 0 Å². The third-order valence-electron chi connectivity index (χ3n) is 4.12. The van der Waals surface area contributed by atoms with Crippen molar-refractivity contribution in [3.8, 4) is 5.75 Å². The monoisotopic (exact) mass is 401 g/mol. The van der Waals surface area contributed by atoms with Gasteiger partial charge < -0.3 is 19.7 Å².